The van der Waals surface area contributed by atoms with Crippen LogP contribution in [0.3, 0.4) is 0 Å². The van der Waals surface area contributed by atoms with Gasteiger partial charge in [-0.1, -0.05) is 24.3 Å². The van der Waals surface area contributed by atoms with Crippen LogP contribution in [0.5, 0.6) is 11.5 Å². The zero-order valence-electron chi connectivity index (χ0n) is 17.0. The van der Waals surface area contributed by atoms with Gasteiger partial charge in [-0.25, -0.2) is 0 Å². The van der Waals surface area contributed by atoms with E-state index in [9.17, 15) is 4.79 Å². The number of hydrogen-bond acceptors (Lipinski definition) is 5. The third-order valence-electron chi connectivity index (χ3n) is 4.74. The molecule has 1 heterocycles. The summed E-state index contributed by atoms with van der Waals surface area (Å²) >= 11 is 0. The molecular weight excluding hydrogens is 368 g/mol. The van der Waals surface area contributed by atoms with E-state index in [4.69, 9.17) is 14.2 Å². The molecular formula is C23H30N2O4. The topological polar surface area (TPSA) is 68.8 Å². The van der Waals surface area contributed by atoms with Gasteiger partial charge in [-0.15, -0.1) is 0 Å². The molecule has 1 aliphatic rings. The molecule has 3 rings (SSSR count). The highest BCUT2D eigenvalue weighted by molar-refractivity contribution is 5.91. The Bertz CT molecular complexity index is 761. The minimum atomic E-state index is -0.209. The molecule has 0 saturated carbocycles. The van der Waals surface area contributed by atoms with E-state index >= 15 is 0 Å². The quantitative estimate of drug-likeness (QED) is 0.640. The number of carbonyl (C=O) groups is 1. The largest absolute Gasteiger partial charge is 0.490 e. The van der Waals surface area contributed by atoms with Crippen molar-refractivity contribution < 1.29 is 19.0 Å². The van der Waals surface area contributed by atoms with Crippen LogP contribution in [0.2, 0.25) is 0 Å². The predicted octanol–water partition coefficient (Wildman–Crippen LogP) is 3.62. The Labute approximate surface area is 172 Å². The number of anilines is 1. The zero-order chi connectivity index (χ0) is 20.3. The monoisotopic (exact) mass is 398 g/mol. The minimum Gasteiger partial charge on any atom is -0.490 e. The Kier molecular flexibility index (Phi) is 8.34. The fourth-order valence-corrected chi connectivity index (χ4v) is 3.30. The van der Waals surface area contributed by atoms with E-state index < -0.39 is 0 Å². The highest BCUT2D eigenvalue weighted by Gasteiger charge is 2.14. The maximum absolute atomic E-state index is 12.1. The summed E-state index contributed by atoms with van der Waals surface area (Å²) in [6.07, 6.45) is 2.36. The molecule has 0 aromatic heterocycles. The average Bonchev–Trinajstić information content (AvgIpc) is 2.75. The van der Waals surface area contributed by atoms with Crippen molar-refractivity contribution in [1.29, 1.82) is 0 Å². The van der Waals surface area contributed by atoms with Crippen molar-refractivity contribution in [2.24, 2.45) is 5.92 Å². The summed E-state index contributed by atoms with van der Waals surface area (Å²) in [6, 6.07) is 15.2. The standard InChI is InChI=1S/C23H30N2O4/c1-2-28-22-13-18(14-24-15-19-7-6-12-27-16-19)10-11-21(22)29-17-23(26)25-20-8-4-3-5-9-20/h3-5,8-11,13,19,24H,2,6-7,12,14-17H2,1H3,(H,25,26). The van der Waals surface area contributed by atoms with Crippen LogP contribution in [0.25, 0.3) is 0 Å². The van der Waals surface area contributed by atoms with Gasteiger partial charge in [0, 0.05) is 25.4 Å². The van der Waals surface area contributed by atoms with Crippen molar-refractivity contribution >= 4 is 11.6 Å². The van der Waals surface area contributed by atoms with Gasteiger partial charge in [0.15, 0.2) is 18.1 Å². The molecule has 1 atom stereocenters. The first-order valence-electron chi connectivity index (χ1n) is 10.3. The molecule has 2 aromatic rings. The summed E-state index contributed by atoms with van der Waals surface area (Å²) in [7, 11) is 0. The zero-order valence-corrected chi connectivity index (χ0v) is 17.0. The number of para-hydroxylation sites is 1. The van der Waals surface area contributed by atoms with E-state index in [1.807, 2.05) is 55.5 Å². The number of nitrogens with one attached hydrogen (secondary N) is 2. The molecule has 2 aromatic carbocycles. The molecule has 1 amide bonds. The van der Waals surface area contributed by atoms with Gasteiger partial charge in [-0.3, -0.25) is 4.79 Å². The molecule has 0 radical (unpaired) electrons. The Hall–Kier alpha value is -2.57. The van der Waals surface area contributed by atoms with E-state index in [1.165, 1.54) is 6.42 Å². The first kappa shape index (κ1) is 21.1. The Morgan fingerprint density at radius 2 is 2.00 bits per heavy atom. The van der Waals surface area contributed by atoms with Crippen molar-refractivity contribution in [2.45, 2.75) is 26.3 Å². The van der Waals surface area contributed by atoms with Gasteiger partial charge in [-0.05, 0) is 55.5 Å². The Morgan fingerprint density at radius 1 is 1.14 bits per heavy atom. The summed E-state index contributed by atoms with van der Waals surface area (Å²) in [6.45, 7) is 5.82. The first-order valence-corrected chi connectivity index (χ1v) is 10.3. The van der Waals surface area contributed by atoms with Gasteiger partial charge in [0.05, 0.1) is 13.2 Å². The van der Waals surface area contributed by atoms with Crippen LogP contribution >= 0.6 is 0 Å². The van der Waals surface area contributed by atoms with Crippen LogP contribution in [0.4, 0.5) is 5.69 Å². The lowest BCUT2D eigenvalue weighted by atomic mass is 10.0. The second kappa shape index (κ2) is 11.4. The van der Waals surface area contributed by atoms with E-state index in [0.29, 0.717) is 24.0 Å². The maximum atomic E-state index is 12.1. The van der Waals surface area contributed by atoms with Crippen LogP contribution in [0, 0.1) is 5.92 Å². The highest BCUT2D eigenvalue weighted by Crippen LogP contribution is 2.28. The fraction of sp³-hybridized carbons (Fsp3) is 0.435. The predicted molar refractivity (Wildman–Crippen MR) is 113 cm³/mol. The number of carbonyl (C=O) groups excluding carboxylic acids is 1. The number of hydrogen-bond donors (Lipinski definition) is 2. The van der Waals surface area contributed by atoms with Gasteiger partial charge in [0.25, 0.3) is 5.91 Å². The molecule has 1 saturated heterocycles. The third-order valence-corrected chi connectivity index (χ3v) is 4.74. The molecule has 0 spiro atoms. The van der Waals surface area contributed by atoms with Crippen molar-refractivity contribution in [2.75, 3.05) is 38.3 Å². The number of benzene rings is 2. The molecule has 1 fully saturated rings. The van der Waals surface area contributed by atoms with E-state index in [1.54, 1.807) is 0 Å². The smallest absolute Gasteiger partial charge is 0.262 e. The summed E-state index contributed by atoms with van der Waals surface area (Å²) in [5, 5.41) is 6.31. The normalized spacial score (nSPS) is 16.2. The lowest BCUT2D eigenvalue weighted by molar-refractivity contribution is -0.118. The minimum absolute atomic E-state index is 0.0752. The Morgan fingerprint density at radius 3 is 2.76 bits per heavy atom. The fourth-order valence-electron chi connectivity index (χ4n) is 3.30. The van der Waals surface area contributed by atoms with E-state index in [2.05, 4.69) is 10.6 Å². The molecule has 6 nitrogen and oxygen atoms in total. The summed E-state index contributed by atoms with van der Waals surface area (Å²) < 4.78 is 17.0. The molecule has 1 unspecified atom stereocenters. The van der Waals surface area contributed by atoms with Crippen molar-refractivity contribution in [3.05, 3.63) is 54.1 Å². The van der Waals surface area contributed by atoms with Crippen molar-refractivity contribution in [3.8, 4) is 11.5 Å². The van der Waals surface area contributed by atoms with Crippen LogP contribution < -0.4 is 20.1 Å². The lowest BCUT2D eigenvalue weighted by Crippen LogP contribution is -2.28. The number of amides is 1. The first-order chi connectivity index (χ1) is 14.2. The second-order valence-corrected chi connectivity index (χ2v) is 7.13. The molecule has 0 aliphatic carbocycles. The van der Waals surface area contributed by atoms with E-state index in [0.717, 1.165) is 44.0 Å². The highest BCUT2D eigenvalue weighted by atomic mass is 16.5. The van der Waals surface area contributed by atoms with Crippen LogP contribution in [0.1, 0.15) is 25.3 Å². The number of rotatable bonds is 10. The molecule has 6 heteroatoms. The van der Waals surface area contributed by atoms with Crippen molar-refractivity contribution in [1.82, 2.24) is 5.32 Å². The molecule has 29 heavy (non-hydrogen) atoms. The SMILES string of the molecule is CCOc1cc(CNCC2CCCOC2)ccc1OCC(=O)Nc1ccccc1. The Balaban J connectivity index is 1.50. The van der Waals surface area contributed by atoms with Gasteiger partial charge >= 0.3 is 0 Å². The number of ether oxygens (including phenoxy) is 3. The summed E-state index contributed by atoms with van der Waals surface area (Å²) in [5.41, 5.74) is 1.86. The van der Waals surface area contributed by atoms with Crippen LogP contribution in [-0.2, 0) is 16.1 Å². The molecule has 1 aliphatic heterocycles. The molecule has 156 valence electrons. The molecule has 0 bridgehead atoms. The van der Waals surface area contributed by atoms with Crippen LogP contribution in [-0.4, -0.2) is 38.9 Å². The summed E-state index contributed by atoms with van der Waals surface area (Å²) in [5.74, 6) is 1.60. The van der Waals surface area contributed by atoms with Gasteiger partial charge in [0.2, 0.25) is 0 Å². The van der Waals surface area contributed by atoms with E-state index in [-0.39, 0.29) is 12.5 Å². The third kappa shape index (κ3) is 7.07. The second-order valence-electron chi connectivity index (χ2n) is 7.13. The maximum Gasteiger partial charge on any atom is 0.262 e. The lowest BCUT2D eigenvalue weighted by Gasteiger charge is -2.22. The van der Waals surface area contributed by atoms with Gasteiger partial charge in [-0.2, -0.15) is 0 Å². The summed E-state index contributed by atoms with van der Waals surface area (Å²) in [4.78, 5) is 12.1. The molecule has 2 N–H and O–H groups in total. The van der Waals surface area contributed by atoms with Gasteiger partial charge in [0.1, 0.15) is 0 Å². The van der Waals surface area contributed by atoms with Crippen molar-refractivity contribution in [3.63, 3.8) is 0 Å². The van der Waals surface area contributed by atoms with Crippen LogP contribution in [0.15, 0.2) is 48.5 Å². The average molecular weight is 399 g/mol. The van der Waals surface area contributed by atoms with Gasteiger partial charge < -0.3 is 24.8 Å².